The molecule has 0 radical (unpaired) electrons. The fraction of sp³-hybridized carbons (Fsp3) is 0.458. The van der Waals surface area contributed by atoms with Crippen LogP contribution in [0.2, 0.25) is 0 Å². The van der Waals surface area contributed by atoms with Crippen LogP contribution < -0.4 is 14.4 Å². The second-order valence-electron chi connectivity index (χ2n) is 9.16. The van der Waals surface area contributed by atoms with Crippen molar-refractivity contribution in [3.8, 4) is 11.5 Å². The molecule has 0 atom stereocenters. The van der Waals surface area contributed by atoms with E-state index in [9.17, 15) is 14.9 Å². The topological polar surface area (TPSA) is 85.2 Å². The van der Waals surface area contributed by atoms with Gasteiger partial charge in [0.25, 0.3) is 11.6 Å². The Morgan fingerprint density at radius 1 is 1.09 bits per heavy atom. The van der Waals surface area contributed by atoms with Crippen LogP contribution in [0.4, 0.5) is 11.4 Å². The quantitative estimate of drug-likeness (QED) is 0.535. The minimum absolute atomic E-state index is 0.0616. The summed E-state index contributed by atoms with van der Waals surface area (Å²) in [5.74, 6) is 1.34. The van der Waals surface area contributed by atoms with Gasteiger partial charge in [-0.1, -0.05) is 12.8 Å². The van der Waals surface area contributed by atoms with Gasteiger partial charge in [-0.25, -0.2) is 0 Å². The van der Waals surface area contributed by atoms with Gasteiger partial charge in [0.2, 0.25) is 0 Å². The molecule has 168 valence electrons. The zero-order valence-corrected chi connectivity index (χ0v) is 18.4. The van der Waals surface area contributed by atoms with Crippen molar-refractivity contribution in [1.82, 2.24) is 4.90 Å². The first-order chi connectivity index (χ1) is 15.4. The average Bonchev–Trinajstić information content (AvgIpc) is 3.25. The predicted octanol–water partition coefficient (Wildman–Crippen LogP) is 3.90. The molecule has 1 amide bonds. The van der Waals surface area contributed by atoms with E-state index < -0.39 is 4.92 Å². The molecule has 1 saturated carbocycles. The lowest BCUT2D eigenvalue weighted by Crippen LogP contribution is -2.46. The van der Waals surface area contributed by atoms with E-state index in [2.05, 4.69) is 6.07 Å². The van der Waals surface area contributed by atoms with E-state index in [1.54, 1.807) is 31.1 Å². The second-order valence-corrected chi connectivity index (χ2v) is 9.16. The molecule has 2 heterocycles. The van der Waals surface area contributed by atoms with E-state index in [1.807, 2.05) is 11.0 Å². The Balaban J connectivity index is 1.52. The highest BCUT2D eigenvalue weighted by Crippen LogP contribution is 2.49. The molecule has 0 N–H and O–H groups in total. The summed E-state index contributed by atoms with van der Waals surface area (Å²) < 4.78 is 11.6. The summed E-state index contributed by atoms with van der Waals surface area (Å²) in [6.07, 6.45) is 4.28. The van der Waals surface area contributed by atoms with E-state index in [-0.39, 0.29) is 17.0 Å². The van der Waals surface area contributed by atoms with Crippen LogP contribution in [0.25, 0.3) is 0 Å². The molecule has 1 aliphatic carbocycles. The van der Waals surface area contributed by atoms with E-state index >= 15 is 0 Å². The van der Waals surface area contributed by atoms with Gasteiger partial charge in [0.05, 0.1) is 4.92 Å². The molecule has 2 aromatic rings. The van der Waals surface area contributed by atoms with Crippen molar-refractivity contribution in [1.29, 1.82) is 0 Å². The van der Waals surface area contributed by atoms with Crippen molar-refractivity contribution < 1.29 is 19.2 Å². The zero-order valence-electron chi connectivity index (χ0n) is 18.4. The molecule has 2 aromatic carbocycles. The standard InChI is InChI=1S/C24H27N3O5/c1-25(2)19-6-5-16(11-20(19)27(29)30)23(28)26-14-17-12-21-22(32-10-9-31-21)13-18(17)24(15-26)7-3-4-8-24/h5-6,11-13H,3-4,7-10,14-15H2,1-2H3. The van der Waals surface area contributed by atoms with Crippen LogP contribution in [-0.4, -0.2) is 49.6 Å². The fourth-order valence-electron chi connectivity index (χ4n) is 5.45. The Bertz CT molecular complexity index is 1090. The third kappa shape index (κ3) is 3.34. The van der Waals surface area contributed by atoms with Gasteiger partial charge in [-0.05, 0) is 48.2 Å². The molecule has 1 spiro atoms. The first-order valence-electron chi connectivity index (χ1n) is 11.1. The minimum Gasteiger partial charge on any atom is -0.486 e. The van der Waals surface area contributed by atoms with Gasteiger partial charge < -0.3 is 19.3 Å². The lowest BCUT2D eigenvalue weighted by molar-refractivity contribution is -0.384. The van der Waals surface area contributed by atoms with Gasteiger partial charge in [-0.15, -0.1) is 0 Å². The smallest absolute Gasteiger partial charge is 0.293 e. The number of benzene rings is 2. The lowest BCUT2D eigenvalue weighted by Gasteiger charge is -2.43. The average molecular weight is 437 g/mol. The molecule has 8 heteroatoms. The van der Waals surface area contributed by atoms with Crippen LogP contribution in [0.5, 0.6) is 11.5 Å². The maximum Gasteiger partial charge on any atom is 0.293 e. The largest absolute Gasteiger partial charge is 0.486 e. The number of nitro groups is 1. The molecule has 2 aliphatic heterocycles. The minimum atomic E-state index is -0.431. The number of anilines is 1. The fourth-order valence-corrected chi connectivity index (χ4v) is 5.45. The number of nitrogens with zero attached hydrogens (tertiary/aromatic N) is 3. The van der Waals surface area contributed by atoms with Gasteiger partial charge in [0.15, 0.2) is 11.5 Å². The van der Waals surface area contributed by atoms with Crippen molar-refractivity contribution in [2.24, 2.45) is 0 Å². The molecule has 32 heavy (non-hydrogen) atoms. The molecule has 1 fully saturated rings. The molecule has 5 rings (SSSR count). The van der Waals surface area contributed by atoms with Gasteiger partial charge in [0, 0.05) is 44.2 Å². The zero-order chi connectivity index (χ0) is 22.5. The maximum absolute atomic E-state index is 13.5. The van der Waals surface area contributed by atoms with E-state index in [0.29, 0.717) is 37.6 Å². The van der Waals surface area contributed by atoms with Crippen LogP contribution in [0.3, 0.4) is 0 Å². The van der Waals surface area contributed by atoms with E-state index in [4.69, 9.17) is 9.47 Å². The summed E-state index contributed by atoms with van der Waals surface area (Å²) in [5.41, 5.74) is 3.00. The molecule has 0 bridgehead atoms. The Kier molecular flexibility index (Phi) is 4.95. The molecular weight excluding hydrogens is 410 g/mol. The summed E-state index contributed by atoms with van der Waals surface area (Å²) in [7, 11) is 3.50. The number of carbonyl (C=O) groups excluding carboxylic acids is 1. The first-order valence-corrected chi connectivity index (χ1v) is 11.1. The highest BCUT2D eigenvalue weighted by molar-refractivity contribution is 5.96. The normalized spacial score (nSPS) is 18.4. The van der Waals surface area contributed by atoms with Crippen molar-refractivity contribution in [3.05, 3.63) is 57.1 Å². The summed E-state index contributed by atoms with van der Waals surface area (Å²) in [4.78, 5) is 28.2. The molecule has 3 aliphatic rings. The second kappa shape index (κ2) is 7.69. The maximum atomic E-state index is 13.5. The third-order valence-corrected chi connectivity index (χ3v) is 6.94. The van der Waals surface area contributed by atoms with Crippen molar-refractivity contribution in [2.45, 2.75) is 37.6 Å². The molecule has 0 saturated heterocycles. The highest BCUT2D eigenvalue weighted by atomic mass is 16.6. The number of rotatable bonds is 3. The number of nitro benzene ring substituents is 1. The van der Waals surface area contributed by atoms with Crippen LogP contribution in [0.1, 0.15) is 47.2 Å². The van der Waals surface area contributed by atoms with Gasteiger partial charge in [0.1, 0.15) is 18.9 Å². The van der Waals surface area contributed by atoms with Crippen molar-refractivity contribution in [3.63, 3.8) is 0 Å². The monoisotopic (exact) mass is 437 g/mol. The Morgan fingerprint density at radius 2 is 1.78 bits per heavy atom. The van der Waals surface area contributed by atoms with Crippen LogP contribution in [0, 0.1) is 10.1 Å². The van der Waals surface area contributed by atoms with Crippen LogP contribution in [-0.2, 0) is 12.0 Å². The third-order valence-electron chi connectivity index (χ3n) is 6.94. The van der Waals surface area contributed by atoms with E-state index in [0.717, 1.165) is 42.7 Å². The van der Waals surface area contributed by atoms with Crippen LogP contribution >= 0.6 is 0 Å². The summed E-state index contributed by atoms with van der Waals surface area (Å²) in [6, 6.07) is 8.87. The number of hydrogen-bond acceptors (Lipinski definition) is 6. The van der Waals surface area contributed by atoms with Gasteiger partial charge in [-0.2, -0.15) is 0 Å². The van der Waals surface area contributed by atoms with Gasteiger partial charge >= 0.3 is 0 Å². The first kappa shape index (κ1) is 20.6. The Morgan fingerprint density at radius 3 is 2.44 bits per heavy atom. The Hall–Kier alpha value is -3.29. The Labute approximate surface area is 186 Å². The van der Waals surface area contributed by atoms with Crippen molar-refractivity contribution >= 4 is 17.3 Å². The van der Waals surface area contributed by atoms with Gasteiger partial charge in [-0.3, -0.25) is 14.9 Å². The summed E-state index contributed by atoms with van der Waals surface area (Å²) >= 11 is 0. The number of amides is 1. The molecule has 0 unspecified atom stereocenters. The molecule has 0 aromatic heterocycles. The predicted molar refractivity (Wildman–Crippen MR) is 120 cm³/mol. The lowest BCUT2D eigenvalue weighted by atomic mass is 9.73. The van der Waals surface area contributed by atoms with Crippen molar-refractivity contribution in [2.75, 3.05) is 38.8 Å². The van der Waals surface area contributed by atoms with Crippen LogP contribution in [0.15, 0.2) is 30.3 Å². The summed E-state index contributed by atoms with van der Waals surface area (Å²) in [6.45, 7) is 2.13. The molecular formula is C24H27N3O5. The number of ether oxygens (including phenoxy) is 2. The number of carbonyl (C=O) groups is 1. The molecule has 8 nitrogen and oxygen atoms in total. The SMILES string of the molecule is CN(C)c1ccc(C(=O)N2Cc3cc4c(cc3C3(CCCC3)C2)OCCO4)cc1[N+](=O)[O-]. The van der Waals surface area contributed by atoms with E-state index in [1.165, 1.54) is 11.6 Å². The summed E-state index contributed by atoms with van der Waals surface area (Å²) in [5, 5.41) is 11.6. The number of fused-ring (bicyclic) bond motifs is 3. The highest BCUT2D eigenvalue weighted by Gasteiger charge is 2.44. The number of hydrogen-bond donors (Lipinski definition) is 0.